The molecule has 0 fully saturated rings. The lowest BCUT2D eigenvalue weighted by atomic mass is 10.1. The number of ether oxygens (including phenoxy) is 2. The molecule has 0 aliphatic heterocycles. The van der Waals surface area contributed by atoms with E-state index in [0.717, 1.165) is 58.0 Å². The summed E-state index contributed by atoms with van der Waals surface area (Å²) in [6, 6.07) is 24.4. The summed E-state index contributed by atoms with van der Waals surface area (Å²) in [5, 5.41) is 4.52. The van der Waals surface area contributed by atoms with Crippen molar-refractivity contribution in [3.8, 4) is 22.8 Å². The second kappa shape index (κ2) is 8.19. The first-order valence-corrected chi connectivity index (χ1v) is 9.27. The topological polar surface area (TPSA) is 43.6 Å². The number of rotatable bonds is 7. The molecule has 1 aromatic heterocycles. The van der Waals surface area contributed by atoms with Gasteiger partial charge in [0.05, 0.1) is 14.2 Å². The van der Waals surface area contributed by atoms with Crippen LogP contribution < -0.4 is 14.8 Å². The molecule has 0 atom stereocenters. The predicted octanol–water partition coefficient (Wildman–Crippen LogP) is 5.41. The van der Waals surface area contributed by atoms with Gasteiger partial charge >= 0.3 is 0 Å². The van der Waals surface area contributed by atoms with Gasteiger partial charge in [-0.25, -0.2) is 0 Å². The smallest absolute Gasteiger partial charge is 0.176 e. The second-order valence-corrected chi connectivity index (χ2v) is 6.61. The second-order valence-electron chi connectivity index (χ2n) is 6.61. The number of para-hydroxylation sites is 1. The van der Waals surface area contributed by atoms with Crippen LogP contribution in [0.3, 0.4) is 0 Å². The Morgan fingerprint density at radius 1 is 0.786 bits per heavy atom. The quantitative estimate of drug-likeness (QED) is 0.471. The van der Waals surface area contributed by atoms with Crippen LogP contribution in [0.4, 0.5) is 0 Å². The highest BCUT2D eigenvalue weighted by Crippen LogP contribution is 2.34. The van der Waals surface area contributed by atoms with E-state index in [1.165, 1.54) is 0 Å². The molecular weight excluding hydrogens is 350 g/mol. The first kappa shape index (κ1) is 18.1. The average molecular weight is 373 g/mol. The van der Waals surface area contributed by atoms with Gasteiger partial charge < -0.3 is 19.2 Å². The normalized spacial score (nSPS) is 10.9. The van der Waals surface area contributed by atoms with Crippen LogP contribution in [0.25, 0.3) is 22.3 Å². The third-order valence-corrected chi connectivity index (χ3v) is 4.76. The van der Waals surface area contributed by atoms with Gasteiger partial charge in [-0.1, -0.05) is 48.5 Å². The van der Waals surface area contributed by atoms with Gasteiger partial charge in [-0.15, -0.1) is 0 Å². The SMILES string of the molecule is COc1ccccc1CNCc1cc(OC)c2oc(-c3ccccc3)cc2c1. The number of nitrogens with one attached hydrogen (secondary N) is 1. The average Bonchev–Trinajstić information content (AvgIpc) is 3.18. The Morgan fingerprint density at radius 2 is 1.54 bits per heavy atom. The Labute approximate surface area is 164 Å². The van der Waals surface area contributed by atoms with Gasteiger partial charge in [-0.05, 0) is 29.8 Å². The van der Waals surface area contributed by atoms with Crippen LogP contribution in [0.5, 0.6) is 11.5 Å². The molecule has 4 nitrogen and oxygen atoms in total. The zero-order valence-electron chi connectivity index (χ0n) is 16.1. The van der Waals surface area contributed by atoms with Crippen molar-refractivity contribution < 1.29 is 13.9 Å². The third-order valence-electron chi connectivity index (χ3n) is 4.76. The van der Waals surface area contributed by atoms with E-state index in [2.05, 4.69) is 23.5 Å². The van der Waals surface area contributed by atoms with E-state index in [1.807, 2.05) is 54.6 Å². The van der Waals surface area contributed by atoms with Gasteiger partial charge in [-0.3, -0.25) is 0 Å². The van der Waals surface area contributed by atoms with Gasteiger partial charge in [0.25, 0.3) is 0 Å². The van der Waals surface area contributed by atoms with Crippen LogP contribution in [-0.4, -0.2) is 14.2 Å². The fourth-order valence-electron chi connectivity index (χ4n) is 3.37. The molecule has 0 radical (unpaired) electrons. The minimum atomic E-state index is 0.718. The van der Waals surface area contributed by atoms with Crippen molar-refractivity contribution in [3.63, 3.8) is 0 Å². The molecule has 0 unspecified atom stereocenters. The molecule has 142 valence electrons. The highest BCUT2D eigenvalue weighted by atomic mass is 16.5. The molecule has 0 saturated heterocycles. The summed E-state index contributed by atoms with van der Waals surface area (Å²) in [4.78, 5) is 0. The van der Waals surface area contributed by atoms with E-state index < -0.39 is 0 Å². The molecule has 0 saturated carbocycles. The maximum atomic E-state index is 6.07. The molecule has 4 rings (SSSR count). The Kier molecular flexibility index (Phi) is 5.31. The van der Waals surface area contributed by atoms with Crippen molar-refractivity contribution in [2.24, 2.45) is 0 Å². The maximum Gasteiger partial charge on any atom is 0.176 e. The highest BCUT2D eigenvalue weighted by Gasteiger charge is 2.12. The van der Waals surface area contributed by atoms with E-state index >= 15 is 0 Å². The molecule has 1 N–H and O–H groups in total. The number of fused-ring (bicyclic) bond motifs is 1. The van der Waals surface area contributed by atoms with Gasteiger partial charge in [0.1, 0.15) is 11.5 Å². The Balaban J connectivity index is 1.56. The highest BCUT2D eigenvalue weighted by molar-refractivity contribution is 5.88. The van der Waals surface area contributed by atoms with Crippen molar-refractivity contribution >= 4 is 11.0 Å². The molecule has 4 heteroatoms. The summed E-state index contributed by atoms with van der Waals surface area (Å²) < 4.78 is 17.1. The maximum absolute atomic E-state index is 6.07. The number of benzene rings is 3. The van der Waals surface area contributed by atoms with Crippen LogP contribution in [0, 0.1) is 0 Å². The van der Waals surface area contributed by atoms with Crippen LogP contribution in [-0.2, 0) is 13.1 Å². The lowest BCUT2D eigenvalue weighted by molar-refractivity contribution is 0.407. The monoisotopic (exact) mass is 373 g/mol. The van der Waals surface area contributed by atoms with Gasteiger partial charge in [0.15, 0.2) is 11.3 Å². The molecule has 0 spiro atoms. The largest absolute Gasteiger partial charge is 0.496 e. The van der Waals surface area contributed by atoms with Crippen LogP contribution in [0.15, 0.2) is 77.2 Å². The summed E-state index contributed by atoms with van der Waals surface area (Å²) >= 11 is 0. The lowest BCUT2D eigenvalue weighted by Gasteiger charge is -2.10. The zero-order valence-corrected chi connectivity index (χ0v) is 16.1. The number of furan rings is 1. The minimum Gasteiger partial charge on any atom is -0.496 e. The Morgan fingerprint density at radius 3 is 2.32 bits per heavy atom. The Bertz CT molecular complexity index is 1070. The number of hydrogen-bond acceptors (Lipinski definition) is 4. The van der Waals surface area contributed by atoms with Crippen molar-refractivity contribution in [1.29, 1.82) is 0 Å². The van der Waals surface area contributed by atoms with Crippen molar-refractivity contribution in [3.05, 3.63) is 83.9 Å². The molecule has 0 bridgehead atoms. The van der Waals surface area contributed by atoms with E-state index in [4.69, 9.17) is 13.9 Å². The number of methoxy groups -OCH3 is 2. The van der Waals surface area contributed by atoms with Gasteiger partial charge in [0, 0.05) is 29.6 Å². The lowest BCUT2D eigenvalue weighted by Crippen LogP contribution is -2.13. The van der Waals surface area contributed by atoms with E-state index in [1.54, 1.807) is 14.2 Å². The molecule has 28 heavy (non-hydrogen) atoms. The zero-order chi connectivity index (χ0) is 19.3. The van der Waals surface area contributed by atoms with Crippen molar-refractivity contribution in [2.45, 2.75) is 13.1 Å². The first-order chi connectivity index (χ1) is 13.8. The molecule has 0 aliphatic carbocycles. The molecule has 0 aliphatic rings. The third kappa shape index (κ3) is 3.73. The molecule has 3 aromatic carbocycles. The van der Waals surface area contributed by atoms with Gasteiger partial charge in [0.2, 0.25) is 0 Å². The number of hydrogen-bond donors (Lipinski definition) is 1. The molecular formula is C24H23NO3. The van der Waals surface area contributed by atoms with E-state index in [-0.39, 0.29) is 0 Å². The first-order valence-electron chi connectivity index (χ1n) is 9.27. The summed E-state index contributed by atoms with van der Waals surface area (Å²) in [5.41, 5.74) is 4.10. The fourth-order valence-corrected chi connectivity index (χ4v) is 3.37. The molecule has 4 aromatic rings. The van der Waals surface area contributed by atoms with Crippen LogP contribution in [0.2, 0.25) is 0 Å². The summed E-state index contributed by atoms with van der Waals surface area (Å²) in [7, 11) is 3.37. The standard InChI is InChI=1S/C24H23NO3/c1-26-21-11-7-6-10-19(21)16-25-15-17-12-20-14-22(18-8-4-3-5-9-18)28-24(20)23(13-17)27-2/h3-14,25H,15-16H2,1-2H3. The van der Waals surface area contributed by atoms with Crippen molar-refractivity contribution in [2.75, 3.05) is 14.2 Å². The van der Waals surface area contributed by atoms with Gasteiger partial charge in [-0.2, -0.15) is 0 Å². The minimum absolute atomic E-state index is 0.718. The molecule has 1 heterocycles. The Hall–Kier alpha value is -3.24. The summed E-state index contributed by atoms with van der Waals surface area (Å²) in [5.74, 6) is 2.48. The fraction of sp³-hybridized carbons (Fsp3) is 0.167. The van der Waals surface area contributed by atoms with E-state index in [9.17, 15) is 0 Å². The molecule has 0 amide bonds. The van der Waals surface area contributed by atoms with Crippen molar-refractivity contribution in [1.82, 2.24) is 5.32 Å². The van der Waals surface area contributed by atoms with Crippen LogP contribution >= 0.6 is 0 Å². The predicted molar refractivity (Wildman–Crippen MR) is 112 cm³/mol. The summed E-state index contributed by atoms with van der Waals surface area (Å²) in [6.45, 7) is 1.45. The van der Waals surface area contributed by atoms with Crippen LogP contribution in [0.1, 0.15) is 11.1 Å². The van der Waals surface area contributed by atoms with E-state index in [0.29, 0.717) is 0 Å². The summed E-state index contributed by atoms with van der Waals surface area (Å²) in [6.07, 6.45) is 0.